The molecule has 0 saturated carbocycles. The molecule has 1 aromatic carbocycles. The van der Waals surface area contributed by atoms with Gasteiger partial charge in [-0.05, 0) is 44.0 Å². The van der Waals surface area contributed by atoms with Gasteiger partial charge in [0.25, 0.3) is 5.91 Å². The van der Waals surface area contributed by atoms with E-state index in [9.17, 15) is 14.7 Å². The van der Waals surface area contributed by atoms with Gasteiger partial charge in [-0.15, -0.1) is 0 Å². The Labute approximate surface area is 127 Å². The van der Waals surface area contributed by atoms with Gasteiger partial charge in [-0.3, -0.25) is 9.59 Å². The van der Waals surface area contributed by atoms with E-state index in [1.807, 2.05) is 0 Å². The highest BCUT2D eigenvalue weighted by atomic mass is 79.9. The number of rotatable bonds is 4. The predicted octanol–water partition coefficient (Wildman–Crippen LogP) is 2.71. The molecule has 1 atom stereocenters. The summed E-state index contributed by atoms with van der Waals surface area (Å²) >= 11 is 6.29. The van der Waals surface area contributed by atoms with Crippen molar-refractivity contribution in [2.24, 2.45) is 5.92 Å². The third-order valence-corrected chi connectivity index (χ3v) is 3.79. The summed E-state index contributed by atoms with van der Waals surface area (Å²) in [5, 5.41) is 18.4. The lowest BCUT2D eigenvalue weighted by Crippen LogP contribution is -2.33. The number of aromatic hydroxyl groups is 1. The summed E-state index contributed by atoms with van der Waals surface area (Å²) in [4.78, 5) is 24.2. The van der Waals surface area contributed by atoms with Crippen LogP contribution >= 0.6 is 31.9 Å². The van der Waals surface area contributed by atoms with Gasteiger partial charge in [0.1, 0.15) is 5.75 Å². The van der Waals surface area contributed by atoms with Crippen LogP contribution in [0.25, 0.3) is 0 Å². The zero-order chi connectivity index (χ0) is 14.7. The summed E-state index contributed by atoms with van der Waals surface area (Å²) < 4.78 is 0.787. The number of carbonyl (C=O) groups excluding carboxylic acids is 1. The second-order valence-electron chi connectivity index (χ2n) is 4.21. The number of phenolic OH excluding ortho intramolecular Hbond substituents is 1. The summed E-state index contributed by atoms with van der Waals surface area (Å²) in [6.07, 6.45) is 0. The van der Waals surface area contributed by atoms with Crippen molar-refractivity contribution < 1.29 is 19.8 Å². The number of nitrogens with zero attached hydrogens (tertiary/aromatic N) is 1. The van der Waals surface area contributed by atoms with Crippen LogP contribution in [0.4, 0.5) is 0 Å². The lowest BCUT2D eigenvalue weighted by molar-refractivity contribution is -0.141. The molecule has 0 heterocycles. The van der Waals surface area contributed by atoms with Crippen LogP contribution in [-0.2, 0) is 4.79 Å². The Bertz CT molecular complexity index is 495. The molecule has 0 aliphatic carbocycles. The van der Waals surface area contributed by atoms with Gasteiger partial charge in [0, 0.05) is 19.2 Å². The van der Waals surface area contributed by atoms with Crippen molar-refractivity contribution in [3.05, 3.63) is 26.6 Å². The molecule has 104 valence electrons. The molecule has 1 amide bonds. The van der Waals surface area contributed by atoms with Crippen LogP contribution in [0.3, 0.4) is 0 Å². The number of benzene rings is 1. The smallest absolute Gasteiger partial charge is 0.308 e. The van der Waals surface area contributed by atoms with Crippen molar-refractivity contribution in [2.45, 2.75) is 6.92 Å². The summed E-state index contributed by atoms with van der Waals surface area (Å²) in [5.41, 5.74) is 0.358. The maximum absolute atomic E-state index is 12.1. The van der Waals surface area contributed by atoms with Crippen LogP contribution in [0.2, 0.25) is 0 Å². The topological polar surface area (TPSA) is 77.8 Å². The number of amides is 1. The lowest BCUT2D eigenvalue weighted by atomic mass is 10.1. The molecule has 7 heteroatoms. The average Bonchev–Trinajstić information content (AvgIpc) is 2.33. The fourth-order valence-electron chi connectivity index (χ4n) is 1.48. The van der Waals surface area contributed by atoms with E-state index in [1.165, 1.54) is 31.0 Å². The molecule has 0 aliphatic heterocycles. The highest BCUT2D eigenvalue weighted by Gasteiger charge is 2.20. The Morgan fingerprint density at radius 1 is 1.32 bits per heavy atom. The third-order valence-electron chi connectivity index (χ3n) is 2.58. The molecule has 19 heavy (non-hydrogen) atoms. The van der Waals surface area contributed by atoms with Crippen LogP contribution in [0.15, 0.2) is 21.1 Å². The Hall–Kier alpha value is -1.08. The van der Waals surface area contributed by atoms with E-state index in [1.54, 1.807) is 0 Å². The van der Waals surface area contributed by atoms with Crippen LogP contribution in [-0.4, -0.2) is 40.6 Å². The third kappa shape index (κ3) is 3.94. The van der Waals surface area contributed by atoms with E-state index in [2.05, 4.69) is 31.9 Å². The molecule has 1 aromatic rings. The minimum Gasteiger partial charge on any atom is -0.506 e. The quantitative estimate of drug-likeness (QED) is 0.822. The number of phenols is 1. The molecule has 1 unspecified atom stereocenters. The molecule has 0 aromatic heterocycles. The first-order chi connectivity index (χ1) is 8.73. The highest BCUT2D eigenvalue weighted by molar-refractivity contribution is 9.11. The second-order valence-corrected chi connectivity index (χ2v) is 5.92. The summed E-state index contributed by atoms with van der Waals surface area (Å²) in [7, 11) is 1.54. The Kier molecular flexibility index (Phi) is 5.37. The standard InChI is InChI=1S/C12H13Br2NO4/c1-6(12(18)19)5-15(2)11(17)7-3-8(13)10(16)9(14)4-7/h3-4,6,16H,5H2,1-2H3,(H,18,19). The van der Waals surface area contributed by atoms with Gasteiger partial charge in [0.15, 0.2) is 0 Å². The van der Waals surface area contributed by atoms with Crippen LogP contribution < -0.4 is 0 Å². The predicted molar refractivity (Wildman–Crippen MR) is 77.3 cm³/mol. The van der Waals surface area contributed by atoms with Gasteiger partial charge in [0.2, 0.25) is 0 Å². The van der Waals surface area contributed by atoms with Crippen molar-refractivity contribution in [3.8, 4) is 5.75 Å². The number of carboxylic acids is 1. The molecular formula is C12H13Br2NO4. The van der Waals surface area contributed by atoms with Gasteiger partial charge in [-0.1, -0.05) is 6.92 Å². The number of aliphatic carboxylic acids is 1. The first-order valence-electron chi connectivity index (χ1n) is 5.40. The molecule has 5 nitrogen and oxygen atoms in total. The number of hydrogen-bond acceptors (Lipinski definition) is 3. The van der Waals surface area contributed by atoms with Crippen LogP contribution in [0.5, 0.6) is 5.75 Å². The lowest BCUT2D eigenvalue weighted by Gasteiger charge is -2.20. The van der Waals surface area contributed by atoms with E-state index in [0.29, 0.717) is 14.5 Å². The summed E-state index contributed by atoms with van der Waals surface area (Å²) in [6, 6.07) is 2.98. The molecule has 0 saturated heterocycles. The monoisotopic (exact) mass is 393 g/mol. The van der Waals surface area contributed by atoms with Gasteiger partial charge in [-0.25, -0.2) is 0 Å². The van der Waals surface area contributed by atoms with Crippen molar-refractivity contribution in [3.63, 3.8) is 0 Å². The number of halogens is 2. The highest BCUT2D eigenvalue weighted by Crippen LogP contribution is 2.33. The van der Waals surface area contributed by atoms with E-state index in [0.717, 1.165) is 0 Å². The van der Waals surface area contributed by atoms with Crippen molar-refractivity contribution >= 4 is 43.7 Å². The maximum Gasteiger partial charge on any atom is 0.308 e. The van der Waals surface area contributed by atoms with Crippen molar-refractivity contribution in [1.29, 1.82) is 0 Å². The summed E-state index contributed by atoms with van der Waals surface area (Å²) in [6.45, 7) is 1.65. The summed E-state index contributed by atoms with van der Waals surface area (Å²) in [5.74, 6) is -1.89. The zero-order valence-corrected chi connectivity index (χ0v) is 13.5. The fourth-order valence-corrected chi connectivity index (χ4v) is 2.67. The molecule has 1 rings (SSSR count). The van der Waals surface area contributed by atoms with E-state index in [-0.39, 0.29) is 18.2 Å². The largest absolute Gasteiger partial charge is 0.506 e. The Balaban J connectivity index is 2.91. The molecule has 0 aliphatic rings. The number of hydrogen-bond donors (Lipinski definition) is 2. The number of carboxylic acid groups (broad SMARTS) is 1. The minimum atomic E-state index is -0.951. The normalized spacial score (nSPS) is 12.0. The van der Waals surface area contributed by atoms with Crippen molar-refractivity contribution in [1.82, 2.24) is 4.90 Å². The van der Waals surface area contributed by atoms with E-state index in [4.69, 9.17) is 5.11 Å². The first kappa shape index (κ1) is 16.0. The van der Waals surface area contributed by atoms with Gasteiger partial charge in [0.05, 0.1) is 14.9 Å². The maximum atomic E-state index is 12.1. The van der Waals surface area contributed by atoms with E-state index >= 15 is 0 Å². The molecule has 2 N–H and O–H groups in total. The van der Waals surface area contributed by atoms with Gasteiger partial charge >= 0.3 is 5.97 Å². The molecular weight excluding hydrogens is 382 g/mol. The van der Waals surface area contributed by atoms with Gasteiger partial charge < -0.3 is 15.1 Å². The van der Waals surface area contributed by atoms with Gasteiger partial charge in [-0.2, -0.15) is 0 Å². The Morgan fingerprint density at radius 2 is 1.79 bits per heavy atom. The fraction of sp³-hybridized carbons (Fsp3) is 0.333. The SMILES string of the molecule is CC(CN(C)C(=O)c1cc(Br)c(O)c(Br)c1)C(=O)O. The molecule has 0 radical (unpaired) electrons. The Morgan fingerprint density at radius 3 is 2.21 bits per heavy atom. The first-order valence-corrected chi connectivity index (χ1v) is 6.99. The molecule has 0 bridgehead atoms. The van der Waals surface area contributed by atoms with Crippen LogP contribution in [0.1, 0.15) is 17.3 Å². The molecule has 0 spiro atoms. The average molecular weight is 395 g/mol. The minimum absolute atomic E-state index is 0.0121. The molecule has 0 fully saturated rings. The zero-order valence-electron chi connectivity index (χ0n) is 10.4. The second kappa shape index (κ2) is 6.38. The number of carbonyl (C=O) groups is 2. The van der Waals surface area contributed by atoms with Crippen molar-refractivity contribution in [2.75, 3.05) is 13.6 Å². The van der Waals surface area contributed by atoms with E-state index < -0.39 is 11.9 Å². The van der Waals surface area contributed by atoms with Crippen LogP contribution in [0, 0.1) is 5.92 Å².